The SMILES string of the molecule is CON(C)C(=O)C(C)(C)CO[Si](C(C)C)(C(C)C)C(C)C. The number of hydrogen-bond acceptors (Lipinski definition) is 3. The van der Waals surface area contributed by atoms with Gasteiger partial charge in [0.2, 0.25) is 0 Å². The summed E-state index contributed by atoms with van der Waals surface area (Å²) in [5.41, 5.74) is 0.970. The zero-order chi connectivity index (χ0) is 17.0. The fourth-order valence-electron chi connectivity index (χ4n) is 3.38. The number of hydroxylamine groups is 2. The second kappa shape index (κ2) is 7.74. The summed E-state index contributed by atoms with van der Waals surface area (Å²) in [6.45, 7) is 17.8. The van der Waals surface area contributed by atoms with E-state index in [1.165, 1.54) is 12.2 Å². The van der Waals surface area contributed by atoms with Gasteiger partial charge in [-0.05, 0) is 30.5 Å². The van der Waals surface area contributed by atoms with Gasteiger partial charge in [0, 0.05) is 13.7 Å². The van der Waals surface area contributed by atoms with Crippen molar-refractivity contribution in [3.63, 3.8) is 0 Å². The molecule has 1 amide bonds. The van der Waals surface area contributed by atoms with Crippen LogP contribution in [0.4, 0.5) is 0 Å². The molecular weight excluding hydrogens is 282 g/mol. The van der Waals surface area contributed by atoms with E-state index in [0.717, 1.165) is 0 Å². The Morgan fingerprint density at radius 1 is 1.05 bits per heavy atom. The number of rotatable bonds is 8. The molecule has 0 rings (SSSR count). The molecule has 0 aliphatic heterocycles. The fraction of sp³-hybridized carbons (Fsp3) is 0.938. The van der Waals surface area contributed by atoms with Crippen LogP contribution < -0.4 is 0 Å². The summed E-state index contributed by atoms with van der Waals surface area (Å²) < 4.78 is 6.53. The smallest absolute Gasteiger partial charge is 0.253 e. The number of carbonyl (C=O) groups is 1. The van der Waals surface area contributed by atoms with E-state index in [4.69, 9.17) is 9.26 Å². The molecule has 21 heavy (non-hydrogen) atoms. The van der Waals surface area contributed by atoms with Crippen LogP contribution in [0, 0.1) is 5.41 Å². The maximum Gasteiger partial charge on any atom is 0.253 e. The van der Waals surface area contributed by atoms with Crippen LogP contribution in [-0.4, -0.2) is 40.1 Å². The lowest BCUT2D eigenvalue weighted by Crippen LogP contribution is -2.51. The average Bonchev–Trinajstić information content (AvgIpc) is 2.36. The monoisotopic (exact) mass is 317 g/mol. The molecule has 0 aliphatic rings. The van der Waals surface area contributed by atoms with E-state index >= 15 is 0 Å². The lowest BCUT2D eigenvalue weighted by Gasteiger charge is -2.44. The minimum atomic E-state index is -1.94. The maximum absolute atomic E-state index is 12.4. The Kier molecular flexibility index (Phi) is 7.60. The van der Waals surface area contributed by atoms with E-state index in [1.807, 2.05) is 13.8 Å². The van der Waals surface area contributed by atoms with Crippen LogP contribution in [0.5, 0.6) is 0 Å². The standard InChI is InChI=1S/C16H35NO3Si/c1-12(2)21(13(3)4,14(5)6)20-11-16(7,8)15(18)17(9)19-10/h12-14H,11H2,1-10H3. The van der Waals surface area contributed by atoms with Gasteiger partial charge >= 0.3 is 0 Å². The van der Waals surface area contributed by atoms with Crippen LogP contribution in [0.15, 0.2) is 0 Å². The van der Waals surface area contributed by atoms with Gasteiger partial charge in [0.1, 0.15) is 0 Å². The van der Waals surface area contributed by atoms with Gasteiger partial charge in [-0.25, -0.2) is 5.06 Å². The highest BCUT2D eigenvalue weighted by atomic mass is 28.4. The van der Waals surface area contributed by atoms with Crippen molar-refractivity contribution in [1.29, 1.82) is 0 Å². The van der Waals surface area contributed by atoms with E-state index < -0.39 is 13.7 Å². The molecule has 0 aliphatic carbocycles. The van der Waals surface area contributed by atoms with E-state index in [1.54, 1.807) is 7.05 Å². The van der Waals surface area contributed by atoms with Gasteiger partial charge in [0.15, 0.2) is 8.32 Å². The highest BCUT2D eigenvalue weighted by molar-refractivity contribution is 6.77. The molecule has 0 aromatic heterocycles. The van der Waals surface area contributed by atoms with Crippen molar-refractivity contribution in [2.75, 3.05) is 20.8 Å². The van der Waals surface area contributed by atoms with Gasteiger partial charge < -0.3 is 4.43 Å². The topological polar surface area (TPSA) is 38.8 Å². The van der Waals surface area contributed by atoms with Gasteiger partial charge in [0.05, 0.1) is 12.5 Å². The number of amides is 1. The van der Waals surface area contributed by atoms with Crippen molar-refractivity contribution in [3.8, 4) is 0 Å². The average molecular weight is 318 g/mol. The lowest BCUT2D eigenvalue weighted by atomic mass is 9.94. The minimum absolute atomic E-state index is 0.0517. The highest BCUT2D eigenvalue weighted by Gasteiger charge is 2.46. The molecule has 0 N–H and O–H groups in total. The van der Waals surface area contributed by atoms with E-state index in [0.29, 0.717) is 23.2 Å². The van der Waals surface area contributed by atoms with Crippen LogP contribution in [0.1, 0.15) is 55.4 Å². The fourth-order valence-corrected chi connectivity index (χ4v) is 8.99. The molecular formula is C16H35NO3Si. The summed E-state index contributed by atoms with van der Waals surface area (Å²) in [4.78, 5) is 17.4. The third kappa shape index (κ3) is 4.54. The molecule has 126 valence electrons. The first kappa shape index (κ1) is 20.6. The van der Waals surface area contributed by atoms with E-state index in [2.05, 4.69) is 41.5 Å². The molecule has 0 saturated carbocycles. The molecule has 0 saturated heterocycles. The van der Waals surface area contributed by atoms with Crippen molar-refractivity contribution in [1.82, 2.24) is 5.06 Å². The van der Waals surface area contributed by atoms with Gasteiger partial charge in [-0.15, -0.1) is 0 Å². The van der Waals surface area contributed by atoms with Gasteiger partial charge in [0.25, 0.3) is 5.91 Å². The molecule has 0 spiro atoms. The Bertz CT molecular complexity index is 319. The molecule has 0 bridgehead atoms. The van der Waals surface area contributed by atoms with Crippen LogP contribution in [0.3, 0.4) is 0 Å². The number of carbonyl (C=O) groups excluding carboxylic acids is 1. The molecule has 0 unspecified atom stereocenters. The summed E-state index contributed by atoms with van der Waals surface area (Å²) in [6.07, 6.45) is 0. The van der Waals surface area contributed by atoms with Crippen LogP contribution in [0.25, 0.3) is 0 Å². The second-order valence-electron chi connectivity index (χ2n) is 7.48. The molecule has 0 aromatic carbocycles. The summed E-state index contributed by atoms with van der Waals surface area (Å²) in [7, 11) is 1.21. The highest BCUT2D eigenvalue weighted by Crippen LogP contribution is 2.43. The molecule has 0 fully saturated rings. The first-order valence-electron chi connectivity index (χ1n) is 7.89. The molecule has 0 radical (unpaired) electrons. The van der Waals surface area contributed by atoms with Crippen molar-refractivity contribution in [3.05, 3.63) is 0 Å². The predicted molar refractivity (Wildman–Crippen MR) is 90.6 cm³/mol. The molecule has 4 nitrogen and oxygen atoms in total. The van der Waals surface area contributed by atoms with Gasteiger partial charge in [-0.3, -0.25) is 9.63 Å². The summed E-state index contributed by atoms with van der Waals surface area (Å²) in [6, 6.07) is 0. The molecule has 5 heteroatoms. The third-order valence-corrected chi connectivity index (χ3v) is 10.6. The van der Waals surface area contributed by atoms with Crippen LogP contribution in [0.2, 0.25) is 16.6 Å². The molecule has 0 aromatic rings. The normalized spacial score (nSPS) is 13.4. The second-order valence-corrected chi connectivity index (χ2v) is 12.9. The zero-order valence-corrected chi connectivity index (χ0v) is 16.6. The number of nitrogens with zero attached hydrogens (tertiary/aromatic N) is 1. The van der Waals surface area contributed by atoms with Crippen molar-refractivity contribution in [2.24, 2.45) is 5.41 Å². The predicted octanol–water partition coefficient (Wildman–Crippen LogP) is 4.22. The summed E-state index contributed by atoms with van der Waals surface area (Å²) in [5.74, 6) is -0.0517. The van der Waals surface area contributed by atoms with Crippen molar-refractivity contribution < 1.29 is 14.1 Å². The maximum atomic E-state index is 12.4. The summed E-state index contributed by atoms with van der Waals surface area (Å²) in [5, 5.41) is 1.28. The van der Waals surface area contributed by atoms with Gasteiger partial charge in [-0.1, -0.05) is 41.5 Å². The number of hydrogen-bond donors (Lipinski definition) is 0. The van der Waals surface area contributed by atoms with E-state index in [9.17, 15) is 4.79 Å². The van der Waals surface area contributed by atoms with Crippen LogP contribution >= 0.6 is 0 Å². The Hall–Kier alpha value is -0.393. The van der Waals surface area contributed by atoms with Crippen LogP contribution in [-0.2, 0) is 14.1 Å². The van der Waals surface area contributed by atoms with E-state index in [-0.39, 0.29) is 5.91 Å². The quantitative estimate of drug-likeness (QED) is 0.497. The Labute approximate surface area is 132 Å². The Morgan fingerprint density at radius 2 is 1.43 bits per heavy atom. The first-order chi connectivity index (χ1) is 9.43. The zero-order valence-electron chi connectivity index (χ0n) is 15.6. The molecule has 0 heterocycles. The third-order valence-electron chi connectivity index (χ3n) is 4.53. The lowest BCUT2D eigenvalue weighted by molar-refractivity contribution is -0.180. The largest absolute Gasteiger partial charge is 0.415 e. The van der Waals surface area contributed by atoms with Gasteiger partial charge in [-0.2, -0.15) is 0 Å². The minimum Gasteiger partial charge on any atom is -0.415 e. The molecule has 0 atom stereocenters. The Balaban J connectivity index is 5.19. The Morgan fingerprint density at radius 3 is 1.71 bits per heavy atom. The van der Waals surface area contributed by atoms with Crippen molar-refractivity contribution in [2.45, 2.75) is 72.0 Å². The summed E-state index contributed by atoms with van der Waals surface area (Å²) >= 11 is 0. The van der Waals surface area contributed by atoms with Crippen molar-refractivity contribution >= 4 is 14.2 Å². The first-order valence-corrected chi connectivity index (χ1v) is 10.0.